The summed E-state index contributed by atoms with van der Waals surface area (Å²) >= 11 is 0. The van der Waals surface area contributed by atoms with Crippen LogP contribution in [0.4, 0.5) is 0 Å². The Morgan fingerprint density at radius 3 is 2.70 bits per heavy atom. The third-order valence-electron chi connectivity index (χ3n) is 4.17. The van der Waals surface area contributed by atoms with E-state index in [1.807, 2.05) is 0 Å². The molecule has 0 amide bonds. The van der Waals surface area contributed by atoms with Crippen molar-refractivity contribution in [2.75, 3.05) is 0 Å². The Morgan fingerprint density at radius 2 is 2.20 bits per heavy atom. The van der Waals surface area contributed by atoms with Crippen LogP contribution < -0.4 is 0 Å². The van der Waals surface area contributed by atoms with Gasteiger partial charge in [0.1, 0.15) is 0 Å². The number of rotatable bonds is 0. The molecule has 0 radical (unpaired) electrons. The summed E-state index contributed by atoms with van der Waals surface area (Å²) in [5.74, 6) is 2.89. The number of hydrogen-bond acceptors (Lipinski definition) is 1. The third-order valence-corrected chi connectivity index (χ3v) is 4.17. The van der Waals surface area contributed by atoms with Gasteiger partial charge in [0.25, 0.3) is 0 Å². The van der Waals surface area contributed by atoms with Crippen molar-refractivity contribution in [2.45, 2.75) is 38.4 Å². The highest BCUT2D eigenvalue weighted by Crippen LogP contribution is 2.64. The minimum atomic E-state index is 0.341. The lowest BCUT2D eigenvalue weighted by Gasteiger charge is -2.48. The molecular formula is C9H14O. The van der Waals surface area contributed by atoms with Crippen LogP contribution >= 0.6 is 0 Å². The van der Waals surface area contributed by atoms with Gasteiger partial charge in [-0.1, -0.05) is 6.92 Å². The molecule has 1 aliphatic heterocycles. The summed E-state index contributed by atoms with van der Waals surface area (Å²) in [4.78, 5) is 0. The molecule has 10 heavy (non-hydrogen) atoms. The molecule has 0 aromatic carbocycles. The van der Waals surface area contributed by atoms with Crippen molar-refractivity contribution in [3.8, 4) is 0 Å². The summed E-state index contributed by atoms with van der Waals surface area (Å²) in [6.45, 7) is 4.69. The van der Waals surface area contributed by atoms with Crippen molar-refractivity contribution in [1.29, 1.82) is 0 Å². The Morgan fingerprint density at radius 1 is 1.40 bits per heavy atom. The first-order valence-electron chi connectivity index (χ1n) is 4.39. The van der Waals surface area contributed by atoms with Crippen LogP contribution in [-0.2, 0) is 4.74 Å². The number of ether oxygens (including phenoxy) is 1. The van der Waals surface area contributed by atoms with Crippen molar-refractivity contribution in [1.82, 2.24) is 0 Å². The normalized spacial score (nSPS) is 70.2. The van der Waals surface area contributed by atoms with Crippen molar-refractivity contribution in [3.05, 3.63) is 0 Å². The number of hydrogen-bond donors (Lipinski definition) is 0. The van der Waals surface area contributed by atoms with Crippen molar-refractivity contribution in [2.24, 2.45) is 17.8 Å². The maximum atomic E-state index is 5.69. The molecule has 4 aliphatic rings. The van der Waals surface area contributed by atoms with Crippen LogP contribution in [0.5, 0.6) is 0 Å². The van der Waals surface area contributed by atoms with Crippen molar-refractivity contribution in [3.63, 3.8) is 0 Å². The van der Waals surface area contributed by atoms with Crippen LogP contribution in [0.15, 0.2) is 0 Å². The van der Waals surface area contributed by atoms with Gasteiger partial charge in [-0.05, 0) is 37.5 Å². The maximum absolute atomic E-state index is 5.69. The van der Waals surface area contributed by atoms with E-state index in [4.69, 9.17) is 4.74 Å². The van der Waals surface area contributed by atoms with Gasteiger partial charge in [-0.2, -0.15) is 0 Å². The molecule has 5 atom stereocenters. The molecule has 1 heterocycles. The van der Waals surface area contributed by atoms with Crippen LogP contribution in [0.2, 0.25) is 0 Å². The average molecular weight is 138 g/mol. The smallest absolute Gasteiger partial charge is 0.0951 e. The van der Waals surface area contributed by atoms with E-state index in [0.29, 0.717) is 11.7 Å². The van der Waals surface area contributed by atoms with Gasteiger partial charge in [-0.15, -0.1) is 0 Å². The Kier molecular flexibility index (Phi) is 0.722. The molecule has 4 fully saturated rings. The molecule has 1 heteroatoms. The molecule has 1 saturated heterocycles. The summed E-state index contributed by atoms with van der Waals surface area (Å²) in [6, 6.07) is 0. The average Bonchev–Trinajstić information content (AvgIpc) is 2.57. The van der Waals surface area contributed by atoms with E-state index in [1.54, 1.807) is 0 Å². The predicted molar refractivity (Wildman–Crippen MR) is 38.7 cm³/mol. The first-order valence-corrected chi connectivity index (χ1v) is 4.39. The Labute approximate surface area is 61.8 Å². The minimum Gasteiger partial charge on any atom is -0.366 e. The Hall–Kier alpha value is -0.0400. The fourth-order valence-corrected chi connectivity index (χ4v) is 3.11. The first-order chi connectivity index (χ1) is 4.72. The highest BCUT2D eigenvalue weighted by molar-refractivity contribution is 5.16. The molecule has 3 saturated carbocycles. The van der Waals surface area contributed by atoms with Crippen LogP contribution in [0.1, 0.15) is 26.7 Å². The van der Waals surface area contributed by atoms with Gasteiger partial charge >= 0.3 is 0 Å². The summed E-state index contributed by atoms with van der Waals surface area (Å²) in [6.07, 6.45) is 3.47. The largest absolute Gasteiger partial charge is 0.366 e. The minimum absolute atomic E-state index is 0.341. The van der Waals surface area contributed by atoms with E-state index in [2.05, 4.69) is 13.8 Å². The highest BCUT2D eigenvalue weighted by Gasteiger charge is 2.68. The molecule has 2 bridgehead atoms. The van der Waals surface area contributed by atoms with E-state index < -0.39 is 0 Å². The van der Waals surface area contributed by atoms with E-state index in [0.717, 1.165) is 17.8 Å². The van der Waals surface area contributed by atoms with Crippen molar-refractivity contribution < 1.29 is 4.74 Å². The lowest BCUT2D eigenvalue weighted by molar-refractivity contribution is 0.00827. The van der Waals surface area contributed by atoms with E-state index in [1.165, 1.54) is 12.8 Å². The maximum Gasteiger partial charge on any atom is 0.0951 e. The predicted octanol–water partition coefficient (Wildman–Crippen LogP) is 1.82. The van der Waals surface area contributed by atoms with Crippen LogP contribution in [0.3, 0.4) is 0 Å². The Bertz CT molecular complexity index is 189. The summed E-state index contributed by atoms with van der Waals surface area (Å²) in [5.41, 5.74) is 0.341. The summed E-state index contributed by atoms with van der Waals surface area (Å²) in [5, 5.41) is 0. The van der Waals surface area contributed by atoms with Crippen LogP contribution in [-0.4, -0.2) is 11.7 Å². The molecule has 0 N–H and O–H groups in total. The monoisotopic (exact) mass is 138 g/mol. The first kappa shape index (κ1) is 5.59. The molecule has 0 spiro atoms. The van der Waals surface area contributed by atoms with Crippen molar-refractivity contribution >= 4 is 0 Å². The molecule has 0 aromatic rings. The van der Waals surface area contributed by atoms with Crippen LogP contribution in [0, 0.1) is 17.8 Å². The topological polar surface area (TPSA) is 12.5 Å². The fourth-order valence-electron chi connectivity index (χ4n) is 3.11. The lowest BCUT2D eigenvalue weighted by Crippen LogP contribution is -2.48. The third kappa shape index (κ3) is 0.402. The lowest BCUT2D eigenvalue weighted by atomic mass is 9.54. The second kappa shape index (κ2) is 1.29. The second-order valence-corrected chi connectivity index (χ2v) is 4.49. The SMILES string of the molecule is C[C@H]1[C@@H]2C[C@H]1[C@]1(C)O[C@@H]1C2. The fraction of sp³-hybridized carbons (Fsp3) is 1.00. The number of epoxide rings is 1. The molecular weight excluding hydrogens is 124 g/mol. The second-order valence-electron chi connectivity index (χ2n) is 4.49. The molecule has 0 aromatic heterocycles. The van der Waals surface area contributed by atoms with Gasteiger partial charge in [0, 0.05) is 0 Å². The standard InChI is InChI=1S/C9H14O/c1-5-6-3-7(5)9(2)8(4-6)10-9/h5-8H,3-4H2,1-2H3/t5-,6+,7+,8+,9-/m0/s1. The molecule has 4 rings (SSSR count). The van der Waals surface area contributed by atoms with Gasteiger partial charge < -0.3 is 4.74 Å². The Balaban J connectivity index is 1.94. The van der Waals surface area contributed by atoms with E-state index in [9.17, 15) is 0 Å². The van der Waals surface area contributed by atoms with Gasteiger partial charge in [0.2, 0.25) is 0 Å². The molecule has 0 unspecified atom stereocenters. The zero-order valence-electron chi connectivity index (χ0n) is 6.63. The van der Waals surface area contributed by atoms with Gasteiger partial charge in [-0.3, -0.25) is 0 Å². The highest BCUT2D eigenvalue weighted by atomic mass is 16.6. The van der Waals surface area contributed by atoms with E-state index in [-0.39, 0.29) is 0 Å². The zero-order valence-corrected chi connectivity index (χ0v) is 6.63. The molecule has 1 nitrogen and oxygen atoms in total. The van der Waals surface area contributed by atoms with Gasteiger partial charge in [0.05, 0.1) is 11.7 Å². The van der Waals surface area contributed by atoms with Crippen LogP contribution in [0.25, 0.3) is 0 Å². The summed E-state index contributed by atoms with van der Waals surface area (Å²) in [7, 11) is 0. The van der Waals surface area contributed by atoms with Gasteiger partial charge in [0.15, 0.2) is 0 Å². The zero-order chi connectivity index (χ0) is 6.93. The summed E-state index contributed by atoms with van der Waals surface area (Å²) < 4.78 is 5.69. The quantitative estimate of drug-likeness (QED) is 0.465. The molecule has 56 valence electrons. The van der Waals surface area contributed by atoms with E-state index >= 15 is 0 Å². The molecule has 3 aliphatic carbocycles. The van der Waals surface area contributed by atoms with Gasteiger partial charge in [-0.25, -0.2) is 0 Å².